The summed E-state index contributed by atoms with van der Waals surface area (Å²) in [6.45, 7) is 10.4. The number of Topliss-reactive ketones (excluding diaryl/α,β-unsaturated/α-hetero) is 1. The molecule has 0 aliphatic heterocycles. The van der Waals surface area contributed by atoms with E-state index in [0.717, 1.165) is 30.4 Å². The van der Waals surface area contributed by atoms with Gasteiger partial charge in [0, 0.05) is 17.0 Å². The summed E-state index contributed by atoms with van der Waals surface area (Å²) in [6, 6.07) is 7.80. The van der Waals surface area contributed by atoms with Crippen molar-refractivity contribution in [2.75, 3.05) is 5.88 Å². The summed E-state index contributed by atoms with van der Waals surface area (Å²) in [5.41, 5.74) is 8.13. The normalized spacial score (nSPS) is 11.0. The smallest absolute Gasteiger partial charge is 0.159 e. The van der Waals surface area contributed by atoms with Gasteiger partial charge in [-0.2, -0.15) is 0 Å². The summed E-state index contributed by atoms with van der Waals surface area (Å²) in [4.78, 5) is 11.4. The van der Waals surface area contributed by atoms with Gasteiger partial charge < -0.3 is 0 Å². The topological polar surface area (TPSA) is 17.1 Å². The average molecular weight is 319 g/mol. The number of allylic oxidation sites excluding steroid dienone is 1. The molecule has 0 fully saturated rings. The molecule has 1 aromatic carbocycles. The number of alkyl halides is 1. The summed E-state index contributed by atoms with van der Waals surface area (Å²) >= 11 is 5.85. The monoisotopic (exact) mass is 318 g/mol. The summed E-state index contributed by atoms with van der Waals surface area (Å²) < 4.78 is 0. The number of ketones is 1. The average Bonchev–Trinajstić information content (AvgIpc) is 2.41. The van der Waals surface area contributed by atoms with Gasteiger partial charge in [0.1, 0.15) is 0 Å². The molecule has 0 N–H and O–H groups in total. The van der Waals surface area contributed by atoms with Gasteiger partial charge in [0.2, 0.25) is 0 Å². The van der Waals surface area contributed by atoms with Crippen LogP contribution in [0.3, 0.4) is 0 Å². The quantitative estimate of drug-likeness (QED) is 0.343. The number of hydrogen-bond donors (Lipinski definition) is 0. The van der Waals surface area contributed by atoms with Crippen molar-refractivity contribution < 1.29 is 4.79 Å². The van der Waals surface area contributed by atoms with Gasteiger partial charge in [-0.3, -0.25) is 4.79 Å². The minimum atomic E-state index is 0.0947. The molecule has 22 heavy (non-hydrogen) atoms. The van der Waals surface area contributed by atoms with Crippen molar-refractivity contribution in [3.8, 4) is 0 Å². The zero-order valence-electron chi connectivity index (χ0n) is 14.4. The molecule has 1 nitrogen and oxygen atoms in total. The summed E-state index contributed by atoms with van der Waals surface area (Å²) in [5, 5.41) is 0. The molecule has 0 bridgehead atoms. The third kappa shape index (κ3) is 6.64. The van der Waals surface area contributed by atoms with Crippen LogP contribution in [0.2, 0.25) is 0 Å². The Bertz CT molecular complexity index is 567. The maximum atomic E-state index is 11.4. The van der Waals surface area contributed by atoms with Crippen LogP contribution in [-0.4, -0.2) is 11.7 Å². The molecule has 0 aliphatic rings. The number of rotatable bonds is 6. The second kappa shape index (κ2) is 8.36. The predicted octanol–water partition coefficient (Wildman–Crippen LogP) is 6.27. The molecule has 0 saturated heterocycles. The molecule has 0 aromatic heterocycles. The Morgan fingerprint density at radius 2 is 1.64 bits per heavy atom. The van der Waals surface area contributed by atoms with E-state index in [-0.39, 0.29) is 11.2 Å². The van der Waals surface area contributed by atoms with Crippen LogP contribution in [0.15, 0.2) is 35.6 Å². The lowest BCUT2D eigenvalue weighted by molar-refractivity contribution is 0.101. The second-order valence-electron chi connectivity index (χ2n) is 7.05. The Morgan fingerprint density at radius 1 is 1.09 bits per heavy atom. The zero-order valence-corrected chi connectivity index (χ0v) is 15.2. The fraction of sp³-hybridized carbons (Fsp3) is 0.500. The molecule has 0 heterocycles. The van der Waals surface area contributed by atoms with Crippen molar-refractivity contribution in [1.29, 1.82) is 0 Å². The highest BCUT2D eigenvalue weighted by atomic mass is 35.5. The standard InChI is InChI=1S/C20H27ClO/c1-15(14-20(3,4)5)13-19(7-6-12-21)18-10-8-17(9-11-18)16(2)22/h8-11H,6-7,12,14H2,1-5H3. The molecule has 1 rings (SSSR count). The van der Waals surface area contributed by atoms with Crippen molar-refractivity contribution in [2.24, 2.45) is 5.41 Å². The van der Waals surface area contributed by atoms with Gasteiger partial charge in [0.05, 0.1) is 0 Å². The maximum absolute atomic E-state index is 11.4. The van der Waals surface area contributed by atoms with E-state index in [9.17, 15) is 4.79 Å². The van der Waals surface area contributed by atoms with Gasteiger partial charge in [0.15, 0.2) is 5.78 Å². The van der Waals surface area contributed by atoms with E-state index in [1.54, 1.807) is 6.92 Å². The molecular formula is C20H27ClO. The number of hydrogen-bond acceptors (Lipinski definition) is 1. The highest BCUT2D eigenvalue weighted by molar-refractivity contribution is 6.17. The highest BCUT2D eigenvalue weighted by Gasteiger charge is 2.11. The molecule has 0 aliphatic carbocycles. The SMILES string of the molecule is CC(=O)c1ccc(C(=C=C(C)CC(C)(C)C)CCCCl)cc1. The molecule has 0 atom stereocenters. The van der Waals surface area contributed by atoms with E-state index >= 15 is 0 Å². The van der Waals surface area contributed by atoms with Gasteiger partial charge in [-0.15, -0.1) is 17.3 Å². The molecule has 120 valence electrons. The first-order chi connectivity index (χ1) is 10.2. The van der Waals surface area contributed by atoms with Crippen LogP contribution in [0, 0.1) is 5.41 Å². The molecule has 0 amide bonds. The molecule has 0 unspecified atom stereocenters. The number of benzene rings is 1. The van der Waals surface area contributed by atoms with Crippen LogP contribution in [0.4, 0.5) is 0 Å². The van der Waals surface area contributed by atoms with Gasteiger partial charge >= 0.3 is 0 Å². The Morgan fingerprint density at radius 3 is 2.09 bits per heavy atom. The zero-order chi connectivity index (χ0) is 16.8. The molecule has 0 radical (unpaired) electrons. The number of halogens is 1. The van der Waals surface area contributed by atoms with Crippen molar-refractivity contribution >= 4 is 23.0 Å². The lowest BCUT2D eigenvalue weighted by atomic mass is 9.88. The summed E-state index contributed by atoms with van der Waals surface area (Å²) in [6.07, 6.45) is 2.86. The van der Waals surface area contributed by atoms with E-state index in [1.165, 1.54) is 11.1 Å². The molecular weight excluding hydrogens is 292 g/mol. The van der Waals surface area contributed by atoms with E-state index in [0.29, 0.717) is 5.88 Å². The van der Waals surface area contributed by atoms with E-state index in [1.807, 2.05) is 24.3 Å². The first-order valence-electron chi connectivity index (χ1n) is 7.85. The van der Waals surface area contributed by atoms with Crippen LogP contribution >= 0.6 is 11.6 Å². The molecule has 0 saturated carbocycles. The predicted molar refractivity (Wildman–Crippen MR) is 96.6 cm³/mol. The Hall–Kier alpha value is -1.30. The van der Waals surface area contributed by atoms with Crippen LogP contribution in [-0.2, 0) is 0 Å². The minimum Gasteiger partial charge on any atom is -0.295 e. The second-order valence-corrected chi connectivity index (χ2v) is 7.43. The van der Waals surface area contributed by atoms with Crippen LogP contribution in [0.25, 0.3) is 5.57 Å². The Labute approximate surface area is 140 Å². The van der Waals surface area contributed by atoms with E-state index in [4.69, 9.17) is 11.6 Å². The van der Waals surface area contributed by atoms with Crippen LogP contribution in [0.5, 0.6) is 0 Å². The maximum Gasteiger partial charge on any atom is 0.159 e. The summed E-state index contributed by atoms with van der Waals surface area (Å²) in [7, 11) is 0. The fourth-order valence-electron chi connectivity index (χ4n) is 2.53. The lowest BCUT2D eigenvalue weighted by Gasteiger charge is -2.17. The van der Waals surface area contributed by atoms with Crippen molar-refractivity contribution in [2.45, 2.75) is 53.9 Å². The van der Waals surface area contributed by atoms with Gasteiger partial charge in [-0.25, -0.2) is 0 Å². The molecule has 1 aromatic rings. The number of carbonyl (C=O) groups is 1. The Kier molecular flexibility index (Phi) is 7.13. The first kappa shape index (κ1) is 18.7. The molecule has 2 heteroatoms. The van der Waals surface area contributed by atoms with Crippen LogP contribution in [0.1, 0.15) is 69.8 Å². The largest absolute Gasteiger partial charge is 0.295 e. The molecule has 0 spiro atoms. The van der Waals surface area contributed by atoms with Gasteiger partial charge in [-0.1, -0.05) is 45.0 Å². The third-order valence-electron chi connectivity index (χ3n) is 3.36. The van der Waals surface area contributed by atoms with Crippen LogP contribution < -0.4 is 0 Å². The summed E-state index contributed by atoms with van der Waals surface area (Å²) in [5.74, 6) is 0.743. The van der Waals surface area contributed by atoms with E-state index < -0.39 is 0 Å². The Balaban J connectivity index is 3.16. The van der Waals surface area contributed by atoms with Crippen molar-refractivity contribution in [1.82, 2.24) is 0 Å². The van der Waals surface area contributed by atoms with Crippen molar-refractivity contribution in [3.05, 3.63) is 46.7 Å². The number of carbonyl (C=O) groups excluding carboxylic acids is 1. The van der Waals surface area contributed by atoms with E-state index in [2.05, 4.69) is 33.4 Å². The first-order valence-corrected chi connectivity index (χ1v) is 8.39. The fourth-order valence-corrected chi connectivity index (χ4v) is 2.66. The lowest BCUT2D eigenvalue weighted by Crippen LogP contribution is -2.04. The third-order valence-corrected chi connectivity index (χ3v) is 3.63. The van der Waals surface area contributed by atoms with Gasteiger partial charge in [-0.05, 0) is 49.7 Å². The minimum absolute atomic E-state index is 0.0947. The van der Waals surface area contributed by atoms with Crippen molar-refractivity contribution in [3.63, 3.8) is 0 Å². The van der Waals surface area contributed by atoms with Gasteiger partial charge in [0.25, 0.3) is 0 Å². The highest BCUT2D eigenvalue weighted by Crippen LogP contribution is 2.26.